The van der Waals surface area contributed by atoms with E-state index in [0.717, 1.165) is 42.0 Å². The molecule has 0 radical (unpaired) electrons. The Hall–Kier alpha value is -1.20. The number of aliphatic hydroxyl groups is 1. The Kier molecular flexibility index (Phi) is 3.18. The van der Waals surface area contributed by atoms with E-state index in [4.69, 9.17) is 0 Å². The van der Waals surface area contributed by atoms with Crippen LogP contribution < -0.4 is 4.90 Å². The number of fused-ring (bicyclic) bond motifs is 1. The maximum atomic E-state index is 9.76. The van der Waals surface area contributed by atoms with E-state index in [-0.39, 0.29) is 6.10 Å². The van der Waals surface area contributed by atoms with Gasteiger partial charge in [-0.1, -0.05) is 0 Å². The summed E-state index contributed by atoms with van der Waals surface area (Å²) in [6.07, 6.45) is 3.62. The number of rotatable bonds is 2. The summed E-state index contributed by atoms with van der Waals surface area (Å²) in [5.74, 6) is 1.37. The van der Waals surface area contributed by atoms with Gasteiger partial charge in [-0.3, -0.25) is 0 Å². The summed E-state index contributed by atoms with van der Waals surface area (Å²) in [4.78, 5) is 12.0. The zero-order chi connectivity index (χ0) is 12.5. The van der Waals surface area contributed by atoms with E-state index < -0.39 is 0 Å². The lowest BCUT2D eigenvalue weighted by Gasteiger charge is -2.35. The fourth-order valence-electron chi connectivity index (χ4n) is 2.63. The van der Waals surface area contributed by atoms with Crippen LogP contribution >= 0.6 is 11.3 Å². The van der Waals surface area contributed by atoms with Crippen LogP contribution in [-0.4, -0.2) is 34.3 Å². The summed E-state index contributed by atoms with van der Waals surface area (Å²) in [5.41, 5.74) is 0. The molecule has 5 heteroatoms. The quantitative estimate of drug-likeness (QED) is 0.903. The highest BCUT2D eigenvalue weighted by atomic mass is 32.1. The van der Waals surface area contributed by atoms with Crippen molar-refractivity contribution in [1.29, 1.82) is 0 Å². The zero-order valence-corrected chi connectivity index (χ0v) is 11.2. The maximum Gasteiger partial charge on any atom is 0.140 e. The third-order valence-electron chi connectivity index (χ3n) is 3.68. The van der Waals surface area contributed by atoms with Gasteiger partial charge in [0, 0.05) is 19.0 Å². The first-order valence-corrected chi connectivity index (χ1v) is 7.25. The fraction of sp³-hybridized carbons (Fsp3) is 0.538. The standard InChI is InChI=1S/C13H17N3OS/c1-9(17)10-3-2-5-16(7-10)12-11-4-6-18-13(11)15-8-14-12/h4,6,8-10,17H,2-3,5,7H2,1H3. The molecule has 1 saturated heterocycles. The average Bonchev–Trinajstić information content (AvgIpc) is 2.87. The second-order valence-corrected chi connectivity index (χ2v) is 5.82. The topological polar surface area (TPSA) is 49.2 Å². The molecule has 18 heavy (non-hydrogen) atoms. The molecule has 3 heterocycles. The first kappa shape index (κ1) is 11.9. The van der Waals surface area contributed by atoms with Gasteiger partial charge in [-0.05, 0) is 31.2 Å². The molecule has 1 fully saturated rings. The van der Waals surface area contributed by atoms with Crippen molar-refractivity contribution in [3.8, 4) is 0 Å². The van der Waals surface area contributed by atoms with Crippen molar-refractivity contribution in [2.75, 3.05) is 18.0 Å². The van der Waals surface area contributed by atoms with Gasteiger partial charge in [-0.25, -0.2) is 9.97 Å². The smallest absolute Gasteiger partial charge is 0.140 e. The van der Waals surface area contributed by atoms with Crippen molar-refractivity contribution in [2.45, 2.75) is 25.9 Å². The third-order valence-corrected chi connectivity index (χ3v) is 4.50. The number of hydrogen-bond donors (Lipinski definition) is 1. The molecule has 2 aromatic rings. The molecule has 0 bridgehead atoms. The number of aliphatic hydroxyl groups excluding tert-OH is 1. The number of thiophene rings is 1. The number of aromatic nitrogens is 2. The van der Waals surface area contributed by atoms with Gasteiger partial charge in [0.2, 0.25) is 0 Å². The van der Waals surface area contributed by atoms with E-state index in [9.17, 15) is 5.11 Å². The maximum absolute atomic E-state index is 9.76. The molecule has 1 aliphatic rings. The van der Waals surface area contributed by atoms with Gasteiger partial charge in [-0.15, -0.1) is 11.3 Å². The third kappa shape index (κ3) is 2.08. The number of anilines is 1. The van der Waals surface area contributed by atoms with Gasteiger partial charge in [0.1, 0.15) is 17.0 Å². The molecule has 1 aliphatic heterocycles. The summed E-state index contributed by atoms with van der Waals surface area (Å²) < 4.78 is 0. The van der Waals surface area contributed by atoms with Crippen molar-refractivity contribution >= 4 is 27.4 Å². The van der Waals surface area contributed by atoms with Crippen molar-refractivity contribution in [3.63, 3.8) is 0 Å². The number of piperidine rings is 1. The van der Waals surface area contributed by atoms with Gasteiger partial charge in [0.05, 0.1) is 11.5 Å². The summed E-state index contributed by atoms with van der Waals surface area (Å²) in [6.45, 7) is 3.79. The molecule has 0 saturated carbocycles. The highest BCUT2D eigenvalue weighted by Crippen LogP contribution is 2.30. The predicted octanol–water partition coefficient (Wildman–Crippen LogP) is 2.29. The number of hydrogen-bond acceptors (Lipinski definition) is 5. The van der Waals surface area contributed by atoms with Crippen LogP contribution in [-0.2, 0) is 0 Å². The highest BCUT2D eigenvalue weighted by molar-refractivity contribution is 7.16. The van der Waals surface area contributed by atoms with Crippen LogP contribution in [0.2, 0.25) is 0 Å². The Morgan fingerprint density at radius 3 is 3.22 bits per heavy atom. The van der Waals surface area contributed by atoms with Gasteiger partial charge in [-0.2, -0.15) is 0 Å². The average molecular weight is 263 g/mol. The minimum absolute atomic E-state index is 0.243. The molecule has 1 N–H and O–H groups in total. The van der Waals surface area contributed by atoms with Gasteiger partial charge in [0.25, 0.3) is 0 Å². The largest absolute Gasteiger partial charge is 0.393 e. The Morgan fingerprint density at radius 2 is 2.39 bits per heavy atom. The van der Waals surface area contributed by atoms with Crippen LogP contribution in [0.3, 0.4) is 0 Å². The van der Waals surface area contributed by atoms with E-state index in [2.05, 4.69) is 26.3 Å². The van der Waals surface area contributed by atoms with E-state index in [1.807, 2.05) is 6.92 Å². The number of nitrogens with zero attached hydrogens (tertiary/aromatic N) is 3. The minimum atomic E-state index is -0.243. The molecule has 3 rings (SSSR count). The van der Waals surface area contributed by atoms with Crippen LogP contribution in [0.15, 0.2) is 17.8 Å². The minimum Gasteiger partial charge on any atom is -0.393 e. The van der Waals surface area contributed by atoms with Crippen LogP contribution in [0.5, 0.6) is 0 Å². The molecule has 0 aromatic carbocycles. The summed E-state index contributed by atoms with van der Waals surface area (Å²) in [5, 5.41) is 12.9. The van der Waals surface area contributed by atoms with E-state index in [1.165, 1.54) is 0 Å². The second-order valence-electron chi connectivity index (χ2n) is 4.93. The lowest BCUT2D eigenvalue weighted by molar-refractivity contribution is 0.115. The van der Waals surface area contributed by atoms with Crippen LogP contribution in [0.1, 0.15) is 19.8 Å². The predicted molar refractivity (Wildman–Crippen MR) is 74.0 cm³/mol. The molecule has 2 aromatic heterocycles. The van der Waals surface area contributed by atoms with Crippen LogP contribution in [0.25, 0.3) is 10.2 Å². The van der Waals surface area contributed by atoms with Crippen LogP contribution in [0, 0.1) is 5.92 Å². The Balaban J connectivity index is 1.92. The first-order chi connectivity index (χ1) is 8.75. The van der Waals surface area contributed by atoms with Crippen molar-refractivity contribution < 1.29 is 5.11 Å². The second kappa shape index (κ2) is 4.82. The molecule has 0 spiro atoms. The Labute approximate surface area is 110 Å². The lowest BCUT2D eigenvalue weighted by Crippen LogP contribution is -2.40. The molecular weight excluding hydrogens is 246 g/mol. The van der Waals surface area contributed by atoms with Gasteiger partial charge < -0.3 is 10.0 Å². The molecule has 4 nitrogen and oxygen atoms in total. The van der Waals surface area contributed by atoms with Crippen LogP contribution in [0.4, 0.5) is 5.82 Å². The normalized spacial score (nSPS) is 22.3. The lowest BCUT2D eigenvalue weighted by atomic mass is 9.93. The van der Waals surface area contributed by atoms with Gasteiger partial charge in [0.15, 0.2) is 0 Å². The molecular formula is C13H17N3OS. The van der Waals surface area contributed by atoms with Crippen molar-refractivity contribution in [2.24, 2.45) is 5.92 Å². The molecule has 2 unspecified atom stereocenters. The summed E-state index contributed by atoms with van der Waals surface area (Å²) in [7, 11) is 0. The van der Waals surface area contributed by atoms with Crippen molar-refractivity contribution in [3.05, 3.63) is 17.8 Å². The molecule has 96 valence electrons. The Morgan fingerprint density at radius 1 is 1.50 bits per heavy atom. The molecule has 0 amide bonds. The molecule has 0 aliphatic carbocycles. The van der Waals surface area contributed by atoms with Gasteiger partial charge >= 0.3 is 0 Å². The van der Waals surface area contributed by atoms with E-state index in [1.54, 1.807) is 17.7 Å². The molecule has 2 atom stereocenters. The fourth-order valence-corrected chi connectivity index (χ4v) is 3.35. The van der Waals surface area contributed by atoms with E-state index >= 15 is 0 Å². The monoisotopic (exact) mass is 263 g/mol. The summed E-state index contributed by atoms with van der Waals surface area (Å²) >= 11 is 1.65. The first-order valence-electron chi connectivity index (χ1n) is 6.37. The zero-order valence-electron chi connectivity index (χ0n) is 10.4. The SMILES string of the molecule is CC(O)C1CCCN(c2ncnc3sccc23)C1. The summed E-state index contributed by atoms with van der Waals surface area (Å²) in [6, 6.07) is 2.08. The Bertz CT molecular complexity index is 540. The van der Waals surface area contributed by atoms with E-state index in [0.29, 0.717) is 5.92 Å². The van der Waals surface area contributed by atoms with Crippen molar-refractivity contribution in [1.82, 2.24) is 9.97 Å². The highest BCUT2D eigenvalue weighted by Gasteiger charge is 2.25.